The summed E-state index contributed by atoms with van der Waals surface area (Å²) in [5.41, 5.74) is 0.935. The number of carbonyl (C=O) groups excluding carboxylic acids is 1. The van der Waals surface area contributed by atoms with Crippen molar-refractivity contribution in [2.24, 2.45) is 17.0 Å². The van der Waals surface area contributed by atoms with Crippen LogP contribution in [0.4, 0.5) is 20.3 Å². The number of nitrogens with one attached hydrogen (secondary N) is 1. The van der Waals surface area contributed by atoms with Crippen molar-refractivity contribution in [2.45, 2.75) is 50.0 Å². The van der Waals surface area contributed by atoms with E-state index in [0.29, 0.717) is 16.5 Å². The van der Waals surface area contributed by atoms with Gasteiger partial charge >= 0.3 is 0 Å². The zero-order chi connectivity index (χ0) is 24.8. The van der Waals surface area contributed by atoms with Gasteiger partial charge in [-0.25, -0.2) is 32.3 Å². The Kier molecular flexibility index (Phi) is 6.56. The molecule has 2 fully saturated rings. The molecule has 184 valence electrons. The second-order valence-corrected chi connectivity index (χ2v) is 11.0. The monoisotopic (exact) mass is 513 g/mol. The first-order valence-electron chi connectivity index (χ1n) is 11.0. The maximum Gasteiger partial charge on any atom is 0.259 e. The Morgan fingerprint density at radius 1 is 1.24 bits per heavy atom. The molecule has 0 radical (unpaired) electrons. The van der Waals surface area contributed by atoms with Gasteiger partial charge in [0.1, 0.15) is 5.82 Å². The first-order chi connectivity index (χ1) is 15.9. The fourth-order valence-electron chi connectivity index (χ4n) is 4.35. The number of halogens is 3. The van der Waals surface area contributed by atoms with Crippen LogP contribution in [-0.4, -0.2) is 43.3 Å². The van der Waals surface area contributed by atoms with Crippen LogP contribution >= 0.6 is 11.6 Å². The molecule has 3 heterocycles. The van der Waals surface area contributed by atoms with E-state index in [4.69, 9.17) is 21.7 Å². The van der Waals surface area contributed by atoms with Gasteiger partial charge in [0, 0.05) is 48.8 Å². The van der Waals surface area contributed by atoms with Crippen molar-refractivity contribution in [3.63, 3.8) is 0 Å². The van der Waals surface area contributed by atoms with Crippen LogP contribution in [0.5, 0.6) is 0 Å². The van der Waals surface area contributed by atoms with Crippen molar-refractivity contribution in [3.05, 3.63) is 40.7 Å². The van der Waals surface area contributed by atoms with Gasteiger partial charge in [0.05, 0.1) is 16.3 Å². The third kappa shape index (κ3) is 4.73. The highest BCUT2D eigenvalue weighted by atomic mass is 35.5. The maximum absolute atomic E-state index is 14.5. The molecule has 3 N–H and O–H groups in total. The van der Waals surface area contributed by atoms with Crippen LogP contribution in [0.2, 0.25) is 5.02 Å². The number of sulfonamides is 1. The quantitative estimate of drug-likeness (QED) is 0.623. The number of carbonyl (C=O) groups is 1. The molecule has 8 nitrogen and oxygen atoms in total. The first-order valence-corrected chi connectivity index (χ1v) is 12.9. The van der Waals surface area contributed by atoms with Crippen LogP contribution < -0.4 is 15.4 Å². The normalized spacial score (nSPS) is 22.8. The summed E-state index contributed by atoms with van der Waals surface area (Å²) in [6, 6.07) is 4.06. The molecule has 2 unspecified atom stereocenters. The number of hydrogen-bond acceptors (Lipinski definition) is 6. The van der Waals surface area contributed by atoms with Crippen LogP contribution in [-0.2, 0) is 10.0 Å². The standard InChI is InChI=1S/C22H26ClF2N5O3S/c1-12-10-30(11-13(2)22(12,24)25)20-16(9-17(23)19(29-20)14-4-3-5-14)21(31)28-15-6-7-27-18(8-15)34(26,32)33/h6-9,12-14H,3-5,10-11H2,1-2H3,(H2,26,32,33)(H,27,28,31). The molecule has 1 aliphatic carbocycles. The number of pyridine rings is 2. The molecule has 4 rings (SSSR count). The molecule has 2 aromatic heterocycles. The molecule has 2 atom stereocenters. The average molecular weight is 514 g/mol. The van der Waals surface area contributed by atoms with Crippen molar-refractivity contribution in [1.82, 2.24) is 9.97 Å². The Bertz CT molecular complexity index is 1210. The molecule has 2 aliphatic rings. The highest BCUT2D eigenvalue weighted by molar-refractivity contribution is 7.89. The van der Waals surface area contributed by atoms with Crippen LogP contribution in [0.25, 0.3) is 0 Å². The molecule has 0 bridgehead atoms. The summed E-state index contributed by atoms with van der Waals surface area (Å²) in [6.45, 7) is 3.02. The number of rotatable bonds is 5. The van der Waals surface area contributed by atoms with Crippen LogP contribution in [0.1, 0.15) is 55.1 Å². The van der Waals surface area contributed by atoms with E-state index in [1.54, 1.807) is 4.90 Å². The molecule has 1 amide bonds. The minimum atomic E-state index is -4.07. The number of primary sulfonamides is 1. The van der Waals surface area contributed by atoms with Crippen LogP contribution in [0.3, 0.4) is 0 Å². The van der Waals surface area contributed by atoms with Crippen molar-refractivity contribution in [1.29, 1.82) is 0 Å². The van der Waals surface area contributed by atoms with E-state index in [2.05, 4.69) is 10.3 Å². The van der Waals surface area contributed by atoms with Crippen molar-refractivity contribution in [3.8, 4) is 0 Å². The summed E-state index contributed by atoms with van der Waals surface area (Å²) >= 11 is 6.50. The van der Waals surface area contributed by atoms with Gasteiger partial charge in [-0.05, 0) is 25.0 Å². The zero-order valence-electron chi connectivity index (χ0n) is 18.8. The van der Waals surface area contributed by atoms with Gasteiger partial charge in [0.15, 0.2) is 5.03 Å². The van der Waals surface area contributed by atoms with E-state index >= 15 is 0 Å². The molecule has 0 spiro atoms. The van der Waals surface area contributed by atoms with E-state index in [1.165, 1.54) is 32.2 Å². The SMILES string of the molecule is CC1CN(c2nc(C3CCC3)c(Cl)cc2C(=O)Nc2ccnc(S(N)(=O)=O)c2)CC(C)C1(F)F. The predicted octanol–water partition coefficient (Wildman–Crippen LogP) is 4.02. The number of nitrogens with zero attached hydrogens (tertiary/aromatic N) is 3. The third-order valence-electron chi connectivity index (χ3n) is 6.61. The van der Waals surface area contributed by atoms with Gasteiger partial charge in [-0.2, -0.15) is 0 Å². The van der Waals surface area contributed by atoms with E-state index in [9.17, 15) is 22.0 Å². The van der Waals surface area contributed by atoms with E-state index in [1.807, 2.05) is 0 Å². The van der Waals surface area contributed by atoms with Gasteiger partial charge in [0.25, 0.3) is 21.9 Å². The molecule has 34 heavy (non-hydrogen) atoms. The molecule has 2 aromatic rings. The van der Waals surface area contributed by atoms with E-state index in [-0.39, 0.29) is 30.3 Å². The van der Waals surface area contributed by atoms with Gasteiger partial charge in [-0.3, -0.25) is 4.79 Å². The lowest BCUT2D eigenvalue weighted by Crippen LogP contribution is -2.52. The van der Waals surface area contributed by atoms with Crippen molar-refractivity contribution in [2.75, 3.05) is 23.3 Å². The Balaban J connectivity index is 1.72. The minimum Gasteiger partial charge on any atom is -0.355 e. The summed E-state index contributed by atoms with van der Waals surface area (Å²) in [6.07, 6.45) is 4.11. The minimum absolute atomic E-state index is 0.0289. The second-order valence-electron chi connectivity index (χ2n) is 9.12. The van der Waals surface area contributed by atoms with E-state index in [0.717, 1.165) is 25.3 Å². The number of hydrogen-bond donors (Lipinski definition) is 2. The lowest BCUT2D eigenvalue weighted by Gasteiger charge is -2.42. The lowest BCUT2D eigenvalue weighted by atomic mass is 9.82. The zero-order valence-corrected chi connectivity index (χ0v) is 20.3. The van der Waals surface area contributed by atoms with Crippen LogP contribution in [0.15, 0.2) is 29.4 Å². The molecule has 1 aliphatic heterocycles. The molecule has 1 saturated heterocycles. The number of amides is 1. The van der Waals surface area contributed by atoms with Gasteiger partial charge < -0.3 is 10.2 Å². The highest BCUT2D eigenvalue weighted by Gasteiger charge is 2.48. The van der Waals surface area contributed by atoms with Crippen molar-refractivity contribution < 1.29 is 22.0 Å². The lowest BCUT2D eigenvalue weighted by molar-refractivity contribution is -0.105. The first kappa shape index (κ1) is 24.7. The number of anilines is 2. The third-order valence-corrected chi connectivity index (χ3v) is 7.71. The second kappa shape index (κ2) is 9.01. The summed E-state index contributed by atoms with van der Waals surface area (Å²) < 4.78 is 52.2. The number of piperidine rings is 1. The Morgan fingerprint density at radius 3 is 2.44 bits per heavy atom. The fraction of sp³-hybridized carbons (Fsp3) is 0.500. The summed E-state index contributed by atoms with van der Waals surface area (Å²) in [5, 5.41) is 7.68. The number of aromatic nitrogens is 2. The largest absolute Gasteiger partial charge is 0.355 e. The molecular formula is C22H26ClF2N5O3S. The highest BCUT2D eigenvalue weighted by Crippen LogP contribution is 2.43. The summed E-state index contributed by atoms with van der Waals surface area (Å²) in [7, 11) is -4.07. The molecular weight excluding hydrogens is 488 g/mol. The summed E-state index contributed by atoms with van der Waals surface area (Å²) in [4.78, 5) is 23.4. The average Bonchev–Trinajstić information content (AvgIpc) is 2.71. The fourth-order valence-corrected chi connectivity index (χ4v) is 5.15. The van der Waals surface area contributed by atoms with Gasteiger partial charge in [-0.1, -0.05) is 31.9 Å². The van der Waals surface area contributed by atoms with E-state index < -0.39 is 38.7 Å². The maximum atomic E-state index is 14.5. The molecule has 12 heteroatoms. The van der Waals surface area contributed by atoms with Gasteiger partial charge in [-0.15, -0.1) is 0 Å². The Hall–Kier alpha value is -2.37. The Labute approximate surface area is 202 Å². The van der Waals surface area contributed by atoms with Crippen molar-refractivity contribution >= 4 is 39.0 Å². The molecule has 0 aromatic carbocycles. The smallest absolute Gasteiger partial charge is 0.259 e. The summed E-state index contributed by atoms with van der Waals surface area (Å²) in [5.74, 6) is -4.85. The predicted molar refractivity (Wildman–Crippen MR) is 125 cm³/mol. The Morgan fingerprint density at radius 2 is 1.88 bits per heavy atom. The van der Waals surface area contributed by atoms with Gasteiger partial charge in [0.2, 0.25) is 0 Å². The van der Waals surface area contributed by atoms with Crippen LogP contribution in [0, 0.1) is 11.8 Å². The number of nitrogens with two attached hydrogens (primary N) is 1. The number of alkyl halides is 2. The topological polar surface area (TPSA) is 118 Å². The molecule has 1 saturated carbocycles.